The molecule has 30 heavy (non-hydrogen) atoms. The van der Waals surface area contributed by atoms with E-state index in [9.17, 15) is 13.2 Å². The van der Waals surface area contributed by atoms with Gasteiger partial charge in [-0.3, -0.25) is 14.1 Å². The molecule has 2 aromatic carbocycles. The van der Waals surface area contributed by atoms with E-state index in [0.717, 1.165) is 19.1 Å². The van der Waals surface area contributed by atoms with Crippen molar-refractivity contribution >= 4 is 26.6 Å². The quantitative estimate of drug-likeness (QED) is 0.588. The van der Waals surface area contributed by atoms with Gasteiger partial charge < -0.3 is 9.47 Å². The molecule has 0 aliphatic carbocycles. The summed E-state index contributed by atoms with van der Waals surface area (Å²) >= 11 is 0. The van der Waals surface area contributed by atoms with E-state index in [1.165, 1.54) is 14.2 Å². The molecule has 0 aliphatic heterocycles. The van der Waals surface area contributed by atoms with E-state index < -0.39 is 10.0 Å². The summed E-state index contributed by atoms with van der Waals surface area (Å²) in [5, 5.41) is 0.429. The monoisotopic (exact) mass is 431 g/mol. The Labute approximate surface area is 175 Å². The minimum Gasteiger partial charge on any atom is -0.493 e. The summed E-state index contributed by atoms with van der Waals surface area (Å²) in [5.41, 5.74) is 1.32. The van der Waals surface area contributed by atoms with Crippen molar-refractivity contribution in [3.05, 3.63) is 46.8 Å². The first-order valence-electron chi connectivity index (χ1n) is 9.52. The van der Waals surface area contributed by atoms with Crippen molar-refractivity contribution < 1.29 is 17.9 Å². The van der Waals surface area contributed by atoms with Crippen molar-refractivity contribution in [1.29, 1.82) is 0 Å². The van der Waals surface area contributed by atoms with E-state index in [-0.39, 0.29) is 5.56 Å². The van der Waals surface area contributed by atoms with E-state index in [0.29, 0.717) is 46.0 Å². The summed E-state index contributed by atoms with van der Waals surface area (Å²) in [4.78, 5) is 18.1. The van der Waals surface area contributed by atoms with Crippen LogP contribution in [0.25, 0.3) is 22.3 Å². The maximum absolute atomic E-state index is 13.3. The van der Waals surface area contributed by atoms with Crippen molar-refractivity contribution in [3.8, 4) is 22.9 Å². The van der Waals surface area contributed by atoms with Gasteiger partial charge in [-0.25, -0.2) is 13.4 Å². The fourth-order valence-electron chi connectivity index (χ4n) is 3.23. The van der Waals surface area contributed by atoms with Gasteiger partial charge in [-0.2, -0.15) is 0 Å². The zero-order chi connectivity index (χ0) is 21.9. The summed E-state index contributed by atoms with van der Waals surface area (Å²) in [6.07, 6.45) is 2.80. The summed E-state index contributed by atoms with van der Waals surface area (Å²) < 4.78 is 38.0. The zero-order valence-electron chi connectivity index (χ0n) is 17.4. The smallest absolute Gasteiger partial charge is 0.261 e. The van der Waals surface area contributed by atoms with Crippen LogP contribution in [0, 0.1) is 0 Å². The van der Waals surface area contributed by atoms with Gasteiger partial charge in [0.05, 0.1) is 31.4 Å². The molecule has 0 unspecified atom stereocenters. The molecule has 8 nitrogen and oxygen atoms in total. The third-order valence-electron chi connectivity index (χ3n) is 4.62. The van der Waals surface area contributed by atoms with Crippen LogP contribution in [0.15, 0.2) is 41.2 Å². The van der Waals surface area contributed by atoms with Gasteiger partial charge in [0.2, 0.25) is 10.0 Å². The van der Waals surface area contributed by atoms with Gasteiger partial charge in [0, 0.05) is 23.9 Å². The molecule has 0 fully saturated rings. The lowest BCUT2D eigenvalue weighted by atomic mass is 10.1. The number of unbranched alkanes of at least 4 members (excludes halogenated alkanes) is 1. The van der Waals surface area contributed by atoms with Crippen LogP contribution >= 0.6 is 0 Å². The highest BCUT2D eigenvalue weighted by molar-refractivity contribution is 7.92. The summed E-state index contributed by atoms with van der Waals surface area (Å²) in [6.45, 7) is 2.54. The van der Waals surface area contributed by atoms with Crippen LogP contribution in [-0.4, -0.2) is 38.4 Å². The van der Waals surface area contributed by atoms with Gasteiger partial charge in [-0.1, -0.05) is 25.5 Å². The number of fused-ring (bicyclic) bond motifs is 1. The summed E-state index contributed by atoms with van der Waals surface area (Å²) in [7, 11) is -0.393. The normalized spacial score (nSPS) is 11.5. The molecule has 3 aromatic rings. The molecule has 9 heteroatoms. The highest BCUT2D eigenvalue weighted by atomic mass is 32.2. The molecular weight excluding hydrogens is 406 g/mol. The Balaban J connectivity index is 2.27. The van der Waals surface area contributed by atoms with Crippen LogP contribution in [0.2, 0.25) is 0 Å². The molecule has 0 bridgehead atoms. The third-order valence-corrected chi connectivity index (χ3v) is 5.23. The molecule has 1 N–H and O–H groups in total. The Kier molecular flexibility index (Phi) is 6.31. The topological polar surface area (TPSA) is 99.5 Å². The number of sulfonamides is 1. The molecule has 1 heterocycles. The van der Waals surface area contributed by atoms with Crippen LogP contribution in [0.4, 0.5) is 5.69 Å². The second-order valence-corrected chi connectivity index (χ2v) is 8.67. The van der Waals surface area contributed by atoms with Gasteiger partial charge in [-0.05, 0) is 24.6 Å². The van der Waals surface area contributed by atoms with Gasteiger partial charge in [-0.15, -0.1) is 0 Å². The Morgan fingerprint density at radius 1 is 1.10 bits per heavy atom. The number of ether oxygens (including phenoxy) is 2. The Bertz CT molecular complexity index is 1240. The first kappa shape index (κ1) is 21.6. The van der Waals surface area contributed by atoms with Crippen LogP contribution in [0.5, 0.6) is 11.5 Å². The maximum Gasteiger partial charge on any atom is 0.261 e. The molecule has 1 aromatic heterocycles. The standard InChI is InChI=1S/C21H25N3O5S/c1-5-6-10-24-20(14-8-7-9-15(11-14)23-30(4,26)27)22-17-13-19(29-3)18(28-2)12-16(17)21(24)25/h7-9,11-13,23H,5-6,10H2,1-4H3. The van der Waals surface area contributed by atoms with Crippen molar-refractivity contribution in [1.82, 2.24) is 9.55 Å². The number of rotatable bonds is 8. The lowest BCUT2D eigenvalue weighted by Crippen LogP contribution is -2.24. The van der Waals surface area contributed by atoms with E-state index in [1.54, 1.807) is 41.0 Å². The molecule has 0 saturated heterocycles. The fraction of sp³-hybridized carbons (Fsp3) is 0.333. The number of anilines is 1. The Morgan fingerprint density at radius 2 is 1.80 bits per heavy atom. The lowest BCUT2D eigenvalue weighted by molar-refractivity contribution is 0.355. The molecule has 0 atom stereocenters. The van der Waals surface area contributed by atoms with Gasteiger partial charge in [0.1, 0.15) is 5.82 Å². The predicted molar refractivity (Wildman–Crippen MR) is 118 cm³/mol. The Morgan fingerprint density at radius 3 is 2.43 bits per heavy atom. The Hall–Kier alpha value is -3.07. The maximum atomic E-state index is 13.3. The number of nitrogens with zero attached hydrogens (tertiary/aromatic N) is 2. The third kappa shape index (κ3) is 4.56. The SMILES string of the molecule is CCCCn1c(-c2cccc(NS(C)(=O)=O)c2)nc2cc(OC)c(OC)cc2c1=O. The average molecular weight is 432 g/mol. The lowest BCUT2D eigenvalue weighted by Gasteiger charge is -2.16. The van der Waals surface area contributed by atoms with Crippen molar-refractivity contribution in [2.24, 2.45) is 0 Å². The van der Waals surface area contributed by atoms with E-state index >= 15 is 0 Å². The van der Waals surface area contributed by atoms with Crippen molar-refractivity contribution in [2.45, 2.75) is 26.3 Å². The van der Waals surface area contributed by atoms with E-state index in [1.807, 2.05) is 6.92 Å². The van der Waals surface area contributed by atoms with Crippen LogP contribution in [0.3, 0.4) is 0 Å². The number of hydrogen-bond acceptors (Lipinski definition) is 6. The van der Waals surface area contributed by atoms with Crippen LogP contribution in [-0.2, 0) is 16.6 Å². The summed E-state index contributed by atoms with van der Waals surface area (Å²) in [6, 6.07) is 10.1. The summed E-state index contributed by atoms with van der Waals surface area (Å²) in [5.74, 6) is 1.39. The number of hydrogen-bond donors (Lipinski definition) is 1. The second kappa shape index (κ2) is 8.74. The highest BCUT2D eigenvalue weighted by Gasteiger charge is 2.16. The molecule has 3 rings (SSSR count). The fourth-order valence-corrected chi connectivity index (χ4v) is 3.78. The largest absolute Gasteiger partial charge is 0.493 e. The van der Waals surface area contributed by atoms with Crippen LogP contribution < -0.4 is 19.8 Å². The first-order chi connectivity index (χ1) is 14.3. The molecule has 0 saturated carbocycles. The molecule has 160 valence electrons. The van der Waals surface area contributed by atoms with Gasteiger partial charge in [0.15, 0.2) is 11.5 Å². The molecule has 0 spiro atoms. The molecular formula is C21H25N3O5S. The molecule has 0 amide bonds. The number of aromatic nitrogens is 2. The molecule has 0 aliphatic rings. The van der Waals surface area contributed by atoms with Gasteiger partial charge >= 0.3 is 0 Å². The number of benzene rings is 2. The highest BCUT2D eigenvalue weighted by Crippen LogP contribution is 2.31. The van der Waals surface area contributed by atoms with E-state index in [2.05, 4.69) is 4.72 Å². The van der Waals surface area contributed by atoms with Crippen molar-refractivity contribution in [2.75, 3.05) is 25.2 Å². The average Bonchev–Trinajstić information content (AvgIpc) is 2.71. The predicted octanol–water partition coefficient (Wildman–Crippen LogP) is 3.25. The first-order valence-corrected chi connectivity index (χ1v) is 11.4. The number of nitrogens with one attached hydrogen (secondary N) is 1. The minimum absolute atomic E-state index is 0.189. The zero-order valence-corrected chi connectivity index (χ0v) is 18.2. The van der Waals surface area contributed by atoms with Crippen molar-refractivity contribution in [3.63, 3.8) is 0 Å². The van der Waals surface area contributed by atoms with Gasteiger partial charge in [0.25, 0.3) is 5.56 Å². The molecule has 0 radical (unpaired) electrons. The second-order valence-electron chi connectivity index (χ2n) is 6.93. The van der Waals surface area contributed by atoms with Crippen LogP contribution in [0.1, 0.15) is 19.8 Å². The number of methoxy groups -OCH3 is 2. The van der Waals surface area contributed by atoms with E-state index in [4.69, 9.17) is 14.5 Å². The minimum atomic E-state index is -3.43.